The Morgan fingerprint density at radius 1 is 1.31 bits per heavy atom. The Morgan fingerprint density at radius 3 is 2.44 bits per heavy atom. The molecule has 1 aromatic rings. The number of sulfone groups is 1. The SMILES string of the molecule is CS(=O)(=O)C1CCN(c2ccc(Cl)cc2)C1. The molecule has 1 fully saturated rings. The van der Waals surface area contributed by atoms with Gasteiger partial charge < -0.3 is 4.90 Å². The molecule has 0 bridgehead atoms. The second-order valence-corrected chi connectivity index (χ2v) is 6.92. The van der Waals surface area contributed by atoms with Crippen LogP contribution >= 0.6 is 11.6 Å². The standard InChI is InChI=1S/C11H14ClNO2S/c1-16(14,15)11-6-7-13(8-11)10-4-2-9(12)3-5-10/h2-5,11H,6-8H2,1H3. The summed E-state index contributed by atoms with van der Waals surface area (Å²) in [6.07, 6.45) is 2.02. The van der Waals surface area contributed by atoms with E-state index in [2.05, 4.69) is 4.90 Å². The van der Waals surface area contributed by atoms with Crippen molar-refractivity contribution in [1.82, 2.24) is 0 Å². The number of halogens is 1. The average molecular weight is 260 g/mol. The molecule has 1 aromatic carbocycles. The zero-order valence-electron chi connectivity index (χ0n) is 9.06. The van der Waals surface area contributed by atoms with E-state index in [0.29, 0.717) is 18.0 Å². The van der Waals surface area contributed by atoms with Crippen LogP contribution in [0.3, 0.4) is 0 Å². The summed E-state index contributed by atoms with van der Waals surface area (Å²) in [7, 11) is -2.92. The second kappa shape index (κ2) is 4.26. The Bertz CT molecular complexity index is 469. The van der Waals surface area contributed by atoms with Crippen LogP contribution in [0.25, 0.3) is 0 Å². The third-order valence-electron chi connectivity index (χ3n) is 2.94. The third-order valence-corrected chi connectivity index (χ3v) is 4.79. The van der Waals surface area contributed by atoms with Gasteiger partial charge in [0, 0.05) is 30.1 Å². The van der Waals surface area contributed by atoms with Crippen LogP contribution in [0.4, 0.5) is 5.69 Å². The molecule has 0 aliphatic carbocycles. The lowest BCUT2D eigenvalue weighted by atomic mass is 10.3. The minimum absolute atomic E-state index is 0.233. The molecule has 1 atom stereocenters. The summed E-state index contributed by atoms with van der Waals surface area (Å²) in [5, 5.41) is 0.464. The Hall–Kier alpha value is -0.740. The topological polar surface area (TPSA) is 37.4 Å². The summed E-state index contributed by atoms with van der Waals surface area (Å²) >= 11 is 5.81. The van der Waals surface area contributed by atoms with Crippen molar-refractivity contribution in [2.24, 2.45) is 0 Å². The average Bonchev–Trinajstić information content (AvgIpc) is 2.67. The summed E-state index contributed by atoms with van der Waals surface area (Å²) in [4.78, 5) is 2.09. The summed E-state index contributed by atoms with van der Waals surface area (Å²) in [6, 6.07) is 7.50. The molecule has 0 aromatic heterocycles. The zero-order chi connectivity index (χ0) is 11.8. The molecule has 1 unspecified atom stereocenters. The van der Waals surface area contributed by atoms with Crippen LogP contribution in [0, 0.1) is 0 Å². The number of hydrogen-bond acceptors (Lipinski definition) is 3. The molecule has 0 amide bonds. The fourth-order valence-corrected chi connectivity index (χ4v) is 3.07. The van der Waals surface area contributed by atoms with E-state index in [-0.39, 0.29) is 5.25 Å². The van der Waals surface area contributed by atoms with Gasteiger partial charge in [-0.15, -0.1) is 0 Å². The maximum atomic E-state index is 11.4. The van der Waals surface area contributed by atoms with Gasteiger partial charge in [-0.25, -0.2) is 8.42 Å². The molecule has 0 N–H and O–H groups in total. The quantitative estimate of drug-likeness (QED) is 0.815. The molecule has 16 heavy (non-hydrogen) atoms. The van der Waals surface area contributed by atoms with Gasteiger partial charge in [0.2, 0.25) is 0 Å². The van der Waals surface area contributed by atoms with E-state index in [4.69, 9.17) is 11.6 Å². The van der Waals surface area contributed by atoms with E-state index in [9.17, 15) is 8.42 Å². The van der Waals surface area contributed by atoms with Crippen LogP contribution < -0.4 is 4.90 Å². The molecule has 1 saturated heterocycles. The minimum atomic E-state index is -2.92. The van der Waals surface area contributed by atoms with Crippen LogP contribution in [-0.2, 0) is 9.84 Å². The van der Waals surface area contributed by atoms with Crippen LogP contribution in [0.15, 0.2) is 24.3 Å². The fourth-order valence-electron chi connectivity index (χ4n) is 1.96. The van der Waals surface area contributed by atoms with Crippen LogP contribution in [0.5, 0.6) is 0 Å². The van der Waals surface area contributed by atoms with Gasteiger partial charge in [0.05, 0.1) is 5.25 Å². The van der Waals surface area contributed by atoms with E-state index in [0.717, 1.165) is 12.2 Å². The van der Waals surface area contributed by atoms with Crippen molar-refractivity contribution in [3.05, 3.63) is 29.3 Å². The van der Waals surface area contributed by atoms with Gasteiger partial charge in [0.25, 0.3) is 0 Å². The van der Waals surface area contributed by atoms with E-state index in [1.165, 1.54) is 6.26 Å². The molecule has 3 nitrogen and oxygen atoms in total. The highest BCUT2D eigenvalue weighted by Gasteiger charge is 2.29. The van der Waals surface area contributed by atoms with Gasteiger partial charge in [-0.3, -0.25) is 0 Å². The Kier molecular flexibility index (Phi) is 3.13. The van der Waals surface area contributed by atoms with Crippen LogP contribution in [0.2, 0.25) is 5.02 Å². The number of benzene rings is 1. The Balaban J connectivity index is 2.12. The number of anilines is 1. The normalized spacial score (nSPS) is 21.4. The molecule has 0 spiro atoms. The Labute approximate surface area is 101 Å². The van der Waals surface area contributed by atoms with Crippen molar-refractivity contribution in [1.29, 1.82) is 0 Å². The highest BCUT2D eigenvalue weighted by atomic mass is 35.5. The second-order valence-electron chi connectivity index (χ2n) is 4.16. The van der Waals surface area contributed by atoms with E-state index in [1.54, 1.807) is 0 Å². The van der Waals surface area contributed by atoms with Crippen molar-refractivity contribution in [2.75, 3.05) is 24.2 Å². The van der Waals surface area contributed by atoms with Gasteiger partial charge in [0.1, 0.15) is 0 Å². The highest BCUT2D eigenvalue weighted by molar-refractivity contribution is 7.91. The number of rotatable bonds is 2. The minimum Gasteiger partial charge on any atom is -0.370 e. The summed E-state index contributed by atoms with van der Waals surface area (Å²) in [5.41, 5.74) is 1.04. The van der Waals surface area contributed by atoms with Gasteiger partial charge >= 0.3 is 0 Å². The predicted octanol–water partition coefficient (Wildman–Crippen LogP) is 1.96. The fraction of sp³-hybridized carbons (Fsp3) is 0.455. The molecule has 0 saturated carbocycles. The third kappa shape index (κ3) is 2.50. The lowest BCUT2D eigenvalue weighted by Crippen LogP contribution is -2.25. The first kappa shape index (κ1) is 11.7. The lowest BCUT2D eigenvalue weighted by molar-refractivity contribution is 0.589. The number of nitrogens with zero attached hydrogens (tertiary/aromatic N) is 1. The van der Waals surface area contributed by atoms with Gasteiger partial charge in [-0.2, -0.15) is 0 Å². The molecule has 1 aliphatic rings. The first-order chi connectivity index (χ1) is 7.47. The van der Waals surface area contributed by atoms with Crippen LogP contribution in [-0.4, -0.2) is 33.0 Å². The lowest BCUT2D eigenvalue weighted by Gasteiger charge is -2.18. The smallest absolute Gasteiger partial charge is 0.152 e. The van der Waals surface area contributed by atoms with Crippen LogP contribution in [0.1, 0.15) is 6.42 Å². The van der Waals surface area contributed by atoms with Gasteiger partial charge in [-0.05, 0) is 30.7 Å². The van der Waals surface area contributed by atoms with Crippen molar-refractivity contribution < 1.29 is 8.42 Å². The molecular formula is C11H14ClNO2S. The molecular weight excluding hydrogens is 246 g/mol. The highest BCUT2D eigenvalue weighted by Crippen LogP contribution is 2.24. The van der Waals surface area contributed by atoms with E-state index in [1.807, 2.05) is 24.3 Å². The van der Waals surface area contributed by atoms with Crippen molar-refractivity contribution in [3.8, 4) is 0 Å². The molecule has 0 radical (unpaired) electrons. The molecule has 2 rings (SSSR count). The first-order valence-corrected chi connectivity index (χ1v) is 7.49. The molecule has 1 heterocycles. The van der Waals surface area contributed by atoms with E-state index >= 15 is 0 Å². The van der Waals surface area contributed by atoms with Gasteiger partial charge in [-0.1, -0.05) is 11.6 Å². The van der Waals surface area contributed by atoms with Gasteiger partial charge in [0.15, 0.2) is 9.84 Å². The van der Waals surface area contributed by atoms with Crippen molar-refractivity contribution in [3.63, 3.8) is 0 Å². The number of hydrogen-bond donors (Lipinski definition) is 0. The van der Waals surface area contributed by atoms with Crippen molar-refractivity contribution in [2.45, 2.75) is 11.7 Å². The summed E-state index contributed by atoms with van der Waals surface area (Å²) in [5.74, 6) is 0. The van der Waals surface area contributed by atoms with Crippen molar-refractivity contribution >= 4 is 27.1 Å². The largest absolute Gasteiger partial charge is 0.370 e. The van der Waals surface area contributed by atoms with E-state index < -0.39 is 9.84 Å². The molecule has 5 heteroatoms. The first-order valence-electron chi connectivity index (χ1n) is 5.16. The summed E-state index contributed by atoms with van der Waals surface area (Å²) in [6.45, 7) is 1.37. The summed E-state index contributed by atoms with van der Waals surface area (Å²) < 4.78 is 22.8. The molecule has 88 valence electrons. The maximum absolute atomic E-state index is 11.4. The predicted molar refractivity (Wildman–Crippen MR) is 66.9 cm³/mol. The maximum Gasteiger partial charge on any atom is 0.152 e. The zero-order valence-corrected chi connectivity index (χ0v) is 10.6. The molecule has 1 aliphatic heterocycles. The Morgan fingerprint density at radius 2 is 1.94 bits per heavy atom. The monoisotopic (exact) mass is 259 g/mol.